The van der Waals surface area contributed by atoms with Gasteiger partial charge in [0, 0.05) is 0 Å². The molecule has 0 aliphatic rings. The molecular formula is C26H50O11. The standard InChI is InChI=1S/C26H50O11/c1-5-7-28-9-11-30-13-15-32-17-19-34-21-23-36-24-22-35-20-18-33-16-14-31-12-10-29-8-6-25(27)37-26(2,3)4/h5H,1,6-24H2,2-4H3. The number of hydrogen-bond donors (Lipinski definition) is 0. The molecule has 11 heteroatoms. The normalized spacial score (nSPS) is 11.6. The summed E-state index contributed by atoms with van der Waals surface area (Å²) in [6.45, 7) is 18.0. The van der Waals surface area contributed by atoms with Crippen molar-refractivity contribution in [2.45, 2.75) is 32.8 Å². The lowest BCUT2D eigenvalue weighted by Crippen LogP contribution is -2.24. The van der Waals surface area contributed by atoms with Crippen molar-refractivity contribution >= 4 is 5.97 Å². The van der Waals surface area contributed by atoms with Gasteiger partial charge in [0.15, 0.2) is 0 Å². The summed E-state index contributed by atoms with van der Waals surface area (Å²) < 4.78 is 53.7. The second kappa shape index (κ2) is 27.9. The Morgan fingerprint density at radius 3 is 1.05 bits per heavy atom. The first-order valence-corrected chi connectivity index (χ1v) is 13.0. The molecular weight excluding hydrogens is 488 g/mol. The number of ether oxygens (including phenoxy) is 10. The van der Waals surface area contributed by atoms with Gasteiger partial charge in [-0.05, 0) is 20.8 Å². The molecule has 220 valence electrons. The highest BCUT2D eigenvalue weighted by molar-refractivity contribution is 5.69. The predicted molar refractivity (Wildman–Crippen MR) is 138 cm³/mol. The van der Waals surface area contributed by atoms with Gasteiger partial charge in [0.05, 0.1) is 125 Å². The molecule has 0 rings (SSSR count). The van der Waals surface area contributed by atoms with E-state index < -0.39 is 5.60 Å². The topological polar surface area (TPSA) is 109 Å². The van der Waals surface area contributed by atoms with Crippen molar-refractivity contribution in [2.75, 3.05) is 119 Å². The van der Waals surface area contributed by atoms with E-state index in [1.807, 2.05) is 20.8 Å². The maximum atomic E-state index is 11.5. The third-order valence-corrected chi connectivity index (χ3v) is 4.08. The van der Waals surface area contributed by atoms with Crippen LogP contribution in [0.15, 0.2) is 12.7 Å². The fourth-order valence-corrected chi connectivity index (χ4v) is 2.47. The quantitative estimate of drug-likeness (QED) is 0.0793. The van der Waals surface area contributed by atoms with Crippen LogP contribution in [0.4, 0.5) is 0 Å². The number of carbonyl (C=O) groups excluding carboxylic acids is 1. The van der Waals surface area contributed by atoms with Gasteiger partial charge in [0.2, 0.25) is 0 Å². The number of rotatable bonds is 29. The molecule has 0 unspecified atom stereocenters. The highest BCUT2D eigenvalue weighted by Gasteiger charge is 2.15. The van der Waals surface area contributed by atoms with Crippen molar-refractivity contribution in [2.24, 2.45) is 0 Å². The number of hydrogen-bond acceptors (Lipinski definition) is 11. The Bertz CT molecular complexity index is 497. The average Bonchev–Trinajstić information content (AvgIpc) is 2.84. The third kappa shape index (κ3) is 32.8. The van der Waals surface area contributed by atoms with Gasteiger partial charge in [-0.25, -0.2) is 0 Å². The van der Waals surface area contributed by atoms with Gasteiger partial charge in [-0.15, -0.1) is 6.58 Å². The molecule has 0 aromatic rings. The maximum absolute atomic E-state index is 11.5. The molecule has 0 atom stereocenters. The predicted octanol–water partition coefficient (Wildman–Crippen LogP) is 2.05. The molecule has 0 heterocycles. The smallest absolute Gasteiger partial charge is 0.308 e. The Morgan fingerprint density at radius 2 is 0.784 bits per heavy atom. The van der Waals surface area contributed by atoms with Crippen molar-refractivity contribution in [3.8, 4) is 0 Å². The lowest BCUT2D eigenvalue weighted by Gasteiger charge is -2.19. The summed E-state index contributed by atoms with van der Waals surface area (Å²) in [7, 11) is 0. The van der Waals surface area contributed by atoms with Crippen LogP contribution in [0.1, 0.15) is 27.2 Å². The van der Waals surface area contributed by atoms with Crippen molar-refractivity contribution < 1.29 is 52.2 Å². The summed E-state index contributed by atoms with van der Waals surface area (Å²) in [6, 6.07) is 0. The number of carbonyl (C=O) groups is 1. The molecule has 0 N–H and O–H groups in total. The van der Waals surface area contributed by atoms with Crippen molar-refractivity contribution in [1.82, 2.24) is 0 Å². The largest absolute Gasteiger partial charge is 0.460 e. The highest BCUT2D eigenvalue weighted by Crippen LogP contribution is 2.08. The van der Waals surface area contributed by atoms with Crippen LogP contribution in [-0.4, -0.2) is 130 Å². The van der Waals surface area contributed by atoms with E-state index in [9.17, 15) is 4.79 Å². The van der Waals surface area contributed by atoms with Crippen LogP contribution in [0.5, 0.6) is 0 Å². The van der Waals surface area contributed by atoms with E-state index in [0.29, 0.717) is 119 Å². The van der Waals surface area contributed by atoms with Gasteiger partial charge in [0.25, 0.3) is 0 Å². The molecule has 0 spiro atoms. The Balaban J connectivity index is 3.10. The van der Waals surface area contributed by atoms with E-state index in [1.54, 1.807) is 6.08 Å². The molecule has 0 radical (unpaired) electrons. The van der Waals surface area contributed by atoms with Gasteiger partial charge in [-0.2, -0.15) is 0 Å². The molecule has 0 aromatic heterocycles. The summed E-state index contributed by atoms with van der Waals surface area (Å²) in [5, 5.41) is 0. The summed E-state index contributed by atoms with van der Waals surface area (Å²) in [5.41, 5.74) is -0.468. The van der Waals surface area contributed by atoms with E-state index in [2.05, 4.69) is 6.58 Å². The fourth-order valence-electron chi connectivity index (χ4n) is 2.47. The zero-order valence-electron chi connectivity index (χ0n) is 23.2. The minimum absolute atomic E-state index is 0.236. The van der Waals surface area contributed by atoms with Gasteiger partial charge in [-0.3, -0.25) is 4.79 Å². The Morgan fingerprint density at radius 1 is 0.514 bits per heavy atom. The number of esters is 1. The molecule has 11 nitrogen and oxygen atoms in total. The van der Waals surface area contributed by atoms with Crippen molar-refractivity contribution in [3.05, 3.63) is 12.7 Å². The molecule has 0 aromatic carbocycles. The van der Waals surface area contributed by atoms with Gasteiger partial charge >= 0.3 is 5.97 Å². The lowest BCUT2D eigenvalue weighted by atomic mass is 10.2. The molecule has 0 aliphatic heterocycles. The Kier molecular flexibility index (Phi) is 27.0. The van der Waals surface area contributed by atoms with E-state index in [1.165, 1.54) is 0 Å². The second-order valence-corrected chi connectivity index (χ2v) is 8.60. The van der Waals surface area contributed by atoms with E-state index >= 15 is 0 Å². The molecule has 0 amide bonds. The van der Waals surface area contributed by atoms with Crippen LogP contribution >= 0.6 is 0 Å². The Labute approximate surface area is 222 Å². The second-order valence-electron chi connectivity index (χ2n) is 8.60. The Hall–Kier alpha value is -1.15. The zero-order valence-corrected chi connectivity index (χ0v) is 23.2. The summed E-state index contributed by atoms with van der Waals surface area (Å²) in [4.78, 5) is 11.5. The molecule has 0 aliphatic carbocycles. The molecule has 0 fully saturated rings. The van der Waals surface area contributed by atoms with E-state index in [-0.39, 0.29) is 12.4 Å². The van der Waals surface area contributed by atoms with Crippen molar-refractivity contribution in [1.29, 1.82) is 0 Å². The van der Waals surface area contributed by atoms with Gasteiger partial charge in [0.1, 0.15) is 5.60 Å². The summed E-state index contributed by atoms with van der Waals surface area (Å²) in [5.74, 6) is -0.262. The van der Waals surface area contributed by atoms with Crippen LogP contribution in [0.3, 0.4) is 0 Å². The maximum Gasteiger partial charge on any atom is 0.308 e. The first-order chi connectivity index (χ1) is 18.0. The van der Waals surface area contributed by atoms with Crippen LogP contribution in [0.2, 0.25) is 0 Å². The van der Waals surface area contributed by atoms with Crippen molar-refractivity contribution in [3.63, 3.8) is 0 Å². The summed E-state index contributed by atoms with van der Waals surface area (Å²) >= 11 is 0. The SMILES string of the molecule is C=CCOCCOCCOCCOCCOCCOCCOCCOCCOCCC(=O)OC(C)(C)C. The first kappa shape index (κ1) is 35.9. The first-order valence-electron chi connectivity index (χ1n) is 13.0. The lowest BCUT2D eigenvalue weighted by molar-refractivity contribution is -0.156. The monoisotopic (exact) mass is 538 g/mol. The van der Waals surface area contributed by atoms with Crippen LogP contribution < -0.4 is 0 Å². The van der Waals surface area contributed by atoms with Gasteiger partial charge in [-0.1, -0.05) is 6.08 Å². The molecule has 37 heavy (non-hydrogen) atoms. The third-order valence-electron chi connectivity index (χ3n) is 4.08. The minimum atomic E-state index is -0.468. The molecule has 0 saturated heterocycles. The van der Waals surface area contributed by atoms with E-state index in [4.69, 9.17) is 47.4 Å². The van der Waals surface area contributed by atoms with Gasteiger partial charge < -0.3 is 47.4 Å². The molecule has 0 bridgehead atoms. The zero-order chi connectivity index (χ0) is 27.3. The van der Waals surface area contributed by atoms with Crippen LogP contribution in [-0.2, 0) is 52.2 Å². The fraction of sp³-hybridized carbons (Fsp3) is 0.885. The van der Waals surface area contributed by atoms with Crippen LogP contribution in [0, 0.1) is 0 Å². The highest BCUT2D eigenvalue weighted by atomic mass is 16.6. The average molecular weight is 539 g/mol. The minimum Gasteiger partial charge on any atom is -0.460 e. The van der Waals surface area contributed by atoms with E-state index in [0.717, 1.165) is 0 Å². The summed E-state index contributed by atoms with van der Waals surface area (Å²) in [6.07, 6.45) is 1.94. The molecule has 0 saturated carbocycles. The van der Waals surface area contributed by atoms with Crippen LogP contribution in [0.25, 0.3) is 0 Å².